The van der Waals surface area contributed by atoms with E-state index < -0.39 is 117 Å². The molecule has 9 amide bonds. The molecule has 22 heteroatoms. The SMILES string of the molecule is CCCCCCCC[C@@H](C)C(=O)N1CCC[C@H]1C(=O)N[C@@H](C[C@H](C)C[C@H](O)CC(=O)CC)C(=O)NC(C)(C)C(=O)NC(C)(C)C(=O)N[C@H](C(=O)N[C@H](C(=O)NC(C)(C)C(=O)NC(C)(C)C(=O)N[C@@H](C)CN(C)CCO)C(C)C)[C@@H](C)CC. The molecular formula is C60H110N10O12. The molecule has 1 saturated heterocycles. The van der Waals surface area contributed by atoms with Gasteiger partial charge in [0.15, 0.2) is 0 Å². The van der Waals surface area contributed by atoms with E-state index in [1.54, 1.807) is 53.5 Å². The Bertz CT molecular complexity index is 2130. The molecule has 22 nitrogen and oxygen atoms in total. The lowest BCUT2D eigenvalue weighted by molar-refractivity contribution is -0.142. The summed E-state index contributed by atoms with van der Waals surface area (Å²) in [6.07, 6.45) is 8.00. The average molecular weight is 1160 g/mol. The van der Waals surface area contributed by atoms with Crippen LogP contribution in [0.15, 0.2) is 0 Å². The van der Waals surface area contributed by atoms with Crippen LogP contribution in [0.4, 0.5) is 0 Å². The van der Waals surface area contributed by atoms with E-state index in [1.807, 2.05) is 18.7 Å². The summed E-state index contributed by atoms with van der Waals surface area (Å²) in [6, 6.07) is -4.77. The van der Waals surface area contributed by atoms with Crippen molar-refractivity contribution in [2.45, 2.75) is 266 Å². The van der Waals surface area contributed by atoms with Crippen LogP contribution < -0.4 is 42.5 Å². The van der Waals surface area contributed by atoms with Gasteiger partial charge >= 0.3 is 0 Å². The number of nitrogens with one attached hydrogen (secondary N) is 8. The molecule has 0 radical (unpaired) electrons. The second-order valence-corrected chi connectivity index (χ2v) is 25.8. The van der Waals surface area contributed by atoms with Crippen LogP contribution in [0.25, 0.3) is 0 Å². The van der Waals surface area contributed by atoms with Crippen LogP contribution in [0.5, 0.6) is 0 Å². The van der Waals surface area contributed by atoms with Gasteiger partial charge in [-0.05, 0) is 119 Å². The number of hydrogen-bond donors (Lipinski definition) is 10. The van der Waals surface area contributed by atoms with Crippen LogP contribution in [0.3, 0.4) is 0 Å². The number of aliphatic hydroxyl groups is 2. The molecule has 0 aromatic carbocycles. The molecular weight excluding hydrogens is 1050 g/mol. The normalized spacial score (nSPS) is 17.0. The Morgan fingerprint density at radius 1 is 0.622 bits per heavy atom. The van der Waals surface area contributed by atoms with E-state index in [2.05, 4.69) is 49.5 Å². The van der Waals surface area contributed by atoms with E-state index in [0.29, 0.717) is 45.3 Å². The first-order chi connectivity index (χ1) is 37.9. The lowest BCUT2D eigenvalue weighted by atomic mass is 9.92. The van der Waals surface area contributed by atoms with Crippen LogP contribution in [0.1, 0.15) is 208 Å². The van der Waals surface area contributed by atoms with Gasteiger partial charge in [0.05, 0.1) is 12.7 Å². The number of rotatable bonds is 38. The molecule has 0 aromatic rings. The van der Waals surface area contributed by atoms with Crippen molar-refractivity contribution >= 4 is 58.9 Å². The summed E-state index contributed by atoms with van der Waals surface area (Å²) in [5.74, 6) is -7.26. The van der Waals surface area contributed by atoms with Crippen LogP contribution in [-0.2, 0) is 47.9 Å². The summed E-state index contributed by atoms with van der Waals surface area (Å²) in [4.78, 5) is 141. The number of Topliss-reactive ketones (excluding diaryl/α,β-unsaturated/α-hetero) is 1. The minimum Gasteiger partial charge on any atom is -0.395 e. The van der Waals surface area contributed by atoms with Crippen LogP contribution in [0.2, 0.25) is 0 Å². The van der Waals surface area contributed by atoms with Gasteiger partial charge in [-0.1, -0.05) is 100 Å². The standard InChI is InChI=1S/C60H110N10O12/c1-19-22-23-24-25-26-28-40(8)52(78)70-30-27-29-45(70)49(75)62-44(34-38(6)33-43(73)35-42(72)21-3)48(74)65-59(14,15)55(81)68-58(12,13)54(80)64-47(39(7)20-2)50(76)63-46(37(4)5)51(77)66-60(16,17)56(82)67-57(10,11)53(79)61-41(9)36-69(18)31-32-71/h37-41,43-47,71,73H,19-36H2,1-18H3,(H,61,79)(H,62,75)(H,63,76)(H,64,80)(H,65,74)(H,66,77)(H,67,82)(H,68,81)/t38-,39+,40-,41+,43+,44+,45+,46+,47+/m1/s1. The first-order valence-corrected chi connectivity index (χ1v) is 30.2. The van der Waals surface area contributed by atoms with Gasteiger partial charge < -0.3 is 62.5 Å². The number of carbonyl (C=O) groups is 10. The zero-order chi connectivity index (χ0) is 63.1. The number of likely N-dealkylation sites (N-methyl/N-ethyl adjacent to an activating group) is 1. The van der Waals surface area contributed by atoms with Crippen LogP contribution in [-0.4, -0.2) is 171 Å². The Morgan fingerprint density at radius 2 is 1.15 bits per heavy atom. The predicted molar refractivity (Wildman–Crippen MR) is 317 cm³/mol. The smallest absolute Gasteiger partial charge is 0.246 e. The molecule has 0 spiro atoms. The quantitative estimate of drug-likeness (QED) is 0.0395. The number of carbonyl (C=O) groups excluding carboxylic acids is 10. The minimum atomic E-state index is -1.70. The monoisotopic (exact) mass is 1160 g/mol. The van der Waals surface area contributed by atoms with Crippen molar-refractivity contribution in [2.24, 2.45) is 23.7 Å². The molecule has 9 atom stereocenters. The van der Waals surface area contributed by atoms with Crippen molar-refractivity contribution in [3.05, 3.63) is 0 Å². The molecule has 1 aliphatic heterocycles. The Hall–Kier alpha value is -5.22. The molecule has 0 aliphatic carbocycles. The van der Waals surface area contributed by atoms with E-state index in [4.69, 9.17) is 0 Å². The molecule has 472 valence electrons. The van der Waals surface area contributed by atoms with E-state index in [1.165, 1.54) is 61.8 Å². The molecule has 10 N–H and O–H groups in total. The second-order valence-electron chi connectivity index (χ2n) is 25.8. The lowest BCUT2D eigenvalue weighted by Crippen LogP contribution is -2.67. The van der Waals surface area contributed by atoms with Gasteiger partial charge in [0.2, 0.25) is 53.2 Å². The first-order valence-electron chi connectivity index (χ1n) is 30.2. The summed E-state index contributed by atoms with van der Waals surface area (Å²) in [6.45, 7) is 29.2. The first kappa shape index (κ1) is 74.8. The molecule has 0 bridgehead atoms. The third-order valence-corrected chi connectivity index (χ3v) is 15.5. The third-order valence-electron chi connectivity index (χ3n) is 15.5. The van der Waals surface area contributed by atoms with Crippen LogP contribution in [0, 0.1) is 23.7 Å². The molecule has 1 heterocycles. The van der Waals surface area contributed by atoms with Gasteiger partial charge in [0, 0.05) is 44.4 Å². The maximum atomic E-state index is 14.4. The number of hydrogen-bond acceptors (Lipinski definition) is 13. The van der Waals surface area contributed by atoms with Gasteiger partial charge in [-0.3, -0.25) is 47.9 Å². The fraction of sp³-hybridized carbons (Fsp3) is 0.833. The fourth-order valence-corrected chi connectivity index (χ4v) is 9.76. The summed E-state index contributed by atoms with van der Waals surface area (Å²) in [5.41, 5.74) is -6.37. The van der Waals surface area contributed by atoms with Crippen molar-refractivity contribution < 1.29 is 58.2 Å². The summed E-state index contributed by atoms with van der Waals surface area (Å²) < 4.78 is 0. The summed E-state index contributed by atoms with van der Waals surface area (Å²) in [5, 5.41) is 42.1. The molecule has 0 unspecified atom stereocenters. The van der Waals surface area contributed by atoms with E-state index in [-0.39, 0.29) is 55.9 Å². The Morgan fingerprint density at radius 3 is 1.67 bits per heavy atom. The van der Waals surface area contributed by atoms with E-state index >= 15 is 0 Å². The number of amides is 9. The number of unbranched alkanes of at least 4 members (excludes halogenated alkanes) is 5. The average Bonchev–Trinajstić information content (AvgIpc) is 3.87. The van der Waals surface area contributed by atoms with Gasteiger partial charge in [-0.2, -0.15) is 0 Å². The summed E-state index contributed by atoms with van der Waals surface area (Å²) >= 11 is 0. The van der Waals surface area contributed by atoms with Crippen molar-refractivity contribution in [1.29, 1.82) is 0 Å². The Balaban J connectivity index is 3.29. The van der Waals surface area contributed by atoms with Crippen LogP contribution >= 0.6 is 0 Å². The van der Waals surface area contributed by atoms with Gasteiger partial charge in [-0.25, -0.2) is 0 Å². The van der Waals surface area contributed by atoms with E-state index in [0.717, 1.165) is 32.1 Å². The maximum Gasteiger partial charge on any atom is 0.246 e. The highest BCUT2D eigenvalue weighted by atomic mass is 16.3. The molecule has 1 fully saturated rings. The zero-order valence-electron chi connectivity index (χ0n) is 53.4. The molecule has 0 aromatic heterocycles. The topological polar surface area (TPSA) is 314 Å². The zero-order valence-corrected chi connectivity index (χ0v) is 53.4. The number of likely N-dealkylation sites (tertiary alicyclic amines) is 1. The highest BCUT2D eigenvalue weighted by molar-refractivity contribution is 6.01. The van der Waals surface area contributed by atoms with Crippen molar-refractivity contribution in [2.75, 3.05) is 33.3 Å². The number of nitrogens with zero attached hydrogens (tertiary/aromatic N) is 2. The Labute approximate surface area is 490 Å². The molecule has 82 heavy (non-hydrogen) atoms. The van der Waals surface area contributed by atoms with Gasteiger partial charge in [0.25, 0.3) is 0 Å². The highest BCUT2D eigenvalue weighted by Crippen LogP contribution is 2.25. The second kappa shape index (κ2) is 34.5. The number of aliphatic hydroxyl groups excluding tert-OH is 2. The lowest BCUT2D eigenvalue weighted by Gasteiger charge is -2.35. The van der Waals surface area contributed by atoms with Crippen molar-refractivity contribution in [3.63, 3.8) is 0 Å². The molecule has 1 rings (SSSR count). The van der Waals surface area contributed by atoms with Gasteiger partial charge in [0.1, 0.15) is 52.1 Å². The summed E-state index contributed by atoms with van der Waals surface area (Å²) in [7, 11) is 1.80. The Kier molecular flexibility index (Phi) is 31.5. The molecule has 0 saturated carbocycles. The van der Waals surface area contributed by atoms with Gasteiger partial charge in [-0.15, -0.1) is 0 Å². The molecule has 1 aliphatic rings. The minimum absolute atomic E-state index is 0.0195. The number of ketones is 1. The van der Waals surface area contributed by atoms with Crippen molar-refractivity contribution in [1.82, 2.24) is 52.3 Å². The highest BCUT2D eigenvalue weighted by Gasteiger charge is 2.44. The maximum absolute atomic E-state index is 14.4. The predicted octanol–water partition coefficient (Wildman–Crippen LogP) is 3.68. The largest absolute Gasteiger partial charge is 0.395 e. The van der Waals surface area contributed by atoms with Crippen molar-refractivity contribution in [3.8, 4) is 0 Å². The van der Waals surface area contributed by atoms with E-state index in [9.17, 15) is 58.2 Å². The fourth-order valence-electron chi connectivity index (χ4n) is 9.76. The third kappa shape index (κ3) is 24.9.